The van der Waals surface area contributed by atoms with Gasteiger partial charge in [-0.3, -0.25) is 4.79 Å². The van der Waals surface area contributed by atoms with Crippen LogP contribution in [0.5, 0.6) is 0 Å². The van der Waals surface area contributed by atoms with Crippen LogP contribution in [0.25, 0.3) is 0 Å². The number of hydrogen-bond acceptors (Lipinski definition) is 4. The summed E-state index contributed by atoms with van der Waals surface area (Å²) in [5.41, 5.74) is 0. The highest BCUT2D eigenvalue weighted by atomic mass is 16.6. The number of carbonyl (C=O) groups excluding carboxylic acids is 1. The highest BCUT2D eigenvalue weighted by molar-refractivity contribution is 5.64. The van der Waals surface area contributed by atoms with Crippen LogP contribution in [0.1, 0.15) is 34.1 Å². The minimum atomic E-state index is -0.135. The van der Waals surface area contributed by atoms with Crippen molar-refractivity contribution in [3.63, 3.8) is 0 Å². The normalized spacial score (nSPS) is 16.0. The molecule has 1 unspecified atom stereocenters. The van der Waals surface area contributed by atoms with Crippen LogP contribution in [0, 0.1) is 11.8 Å². The van der Waals surface area contributed by atoms with Crippen molar-refractivity contribution >= 4 is 6.29 Å². The van der Waals surface area contributed by atoms with Gasteiger partial charge in [0.25, 0.3) is 0 Å². The Morgan fingerprint density at radius 1 is 1.33 bits per heavy atom. The zero-order valence-electron chi connectivity index (χ0n) is 11.8. The highest BCUT2D eigenvalue weighted by Crippen LogP contribution is 2.15. The van der Waals surface area contributed by atoms with E-state index in [0.717, 1.165) is 12.7 Å². The molecule has 0 aromatic carbocycles. The lowest BCUT2D eigenvalue weighted by Gasteiger charge is -2.19. The van der Waals surface area contributed by atoms with Gasteiger partial charge in [0.1, 0.15) is 18.1 Å². The quantitative estimate of drug-likeness (QED) is 0.298. The minimum absolute atomic E-state index is 0.0745. The van der Waals surface area contributed by atoms with Gasteiger partial charge >= 0.3 is 0 Å². The van der Waals surface area contributed by atoms with Gasteiger partial charge in [-0.1, -0.05) is 33.8 Å². The van der Waals surface area contributed by atoms with E-state index in [4.69, 9.17) is 15.5 Å². The average molecular weight is 255 g/mol. The second-order valence-corrected chi connectivity index (χ2v) is 4.69. The van der Waals surface area contributed by atoms with Crippen LogP contribution in [0.15, 0.2) is 24.0 Å². The maximum Gasteiger partial charge on any atom is 0.149 e. The monoisotopic (exact) mass is 255 g/mol. The minimum Gasteiger partial charge on any atom is -0.413 e. The Kier molecular flexibility index (Phi) is 9.24. The lowest BCUT2D eigenvalue weighted by molar-refractivity contribution is -0.104. The molecule has 2 atom stereocenters. The molecule has 0 saturated heterocycles. The Morgan fingerprint density at radius 3 is 2.44 bits per heavy atom. The molecular weight excluding hydrogens is 230 g/mol. The summed E-state index contributed by atoms with van der Waals surface area (Å²) < 4.78 is 5.74. The van der Waals surface area contributed by atoms with Crippen molar-refractivity contribution in [1.82, 2.24) is 0 Å². The standard InChI is InChI=1S/C14H25NO3/c1-5-13(17-10-11(2)3)14(18-15)9-12(4)7-6-8-16/h6-9,11-13H,5,10,15H2,1-4H3/b7-6+,14-9+/t12-,13?/m0/s1. The Labute approximate surface area is 110 Å². The predicted molar refractivity (Wildman–Crippen MR) is 72.6 cm³/mol. The Morgan fingerprint density at radius 2 is 2.00 bits per heavy atom. The summed E-state index contributed by atoms with van der Waals surface area (Å²) >= 11 is 0. The number of nitrogens with two attached hydrogens (primary N) is 1. The lowest BCUT2D eigenvalue weighted by atomic mass is 10.1. The first-order chi connectivity index (χ1) is 8.54. The molecular formula is C14H25NO3. The number of aldehydes is 1. The van der Waals surface area contributed by atoms with Crippen LogP contribution in [0.4, 0.5) is 0 Å². The van der Waals surface area contributed by atoms with Crippen molar-refractivity contribution in [1.29, 1.82) is 0 Å². The van der Waals surface area contributed by atoms with Crippen LogP contribution in [-0.2, 0) is 14.4 Å². The summed E-state index contributed by atoms with van der Waals surface area (Å²) in [6, 6.07) is 0. The maximum absolute atomic E-state index is 10.2. The van der Waals surface area contributed by atoms with Gasteiger partial charge in [0.05, 0.1) is 0 Å². The molecule has 0 fully saturated rings. The smallest absolute Gasteiger partial charge is 0.149 e. The van der Waals surface area contributed by atoms with Crippen LogP contribution >= 0.6 is 0 Å². The molecule has 2 N–H and O–H groups in total. The molecule has 0 aliphatic heterocycles. The van der Waals surface area contributed by atoms with E-state index in [1.807, 2.05) is 19.9 Å². The SMILES string of the molecule is CCC(OCC(C)C)/C(=C\[C@@H](C)/C=C/C=O)ON. The fraction of sp³-hybridized carbons (Fsp3) is 0.643. The van der Waals surface area contributed by atoms with E-state index >= 15 is 0 Å². The predicted octanol–water partition coefficient (Wildman–Crippen LogP) is 2.60. The van der Waals surface area contributed by atoms with Crippen molar-refractivity contribution in [2.45, 2.75) is 40.2 Å². The number of rotatable bonds is 9. The van der Waals surface area contributed by atoms with E-state index in [9.17, 15) is 4.79 Å². The van der Waals surface area contributed by atoms with Crippen molar-refractivity contribution < 1.29 is 14.4 Å². The van der Waals surface area contributed by atoms with E-state index in [-0.39, 0.29) is 12.0 Å². The molecule has 0 aliphatic carbocycles. The average Bonchev–Trinajstić information content (AvgIpc) is 2.35. The number of allylic oxidation sites excluding steroid dienone is 3. The van der Waals surface area contributed by atoms with Crippen molar-refractivity contribution in [2.24, 2.45) is 17.7 Å². The molecule has 0 saturated carbocycles. The van der Waals surface area contributed by atoms with E-state index in [1.165, 1.54) is 6.08 Å². The number of ether oxygens (including phenoxy) is 1. The zero-order valence-corrected chi connectivity index (χ0v) is 11.8. The molecule has 0 bridgehead atoms. The van der Waals surface area contributed by atoms with Crippen molar-refractivity contribution in [3.8, 4) is 0 Å². The van der Waals surface area contributed by atoms with Crippen LogP contribution in [0.3, 0.4) is 0 Å². The second kappa shape index (κ2) is 9.85. The molecule has 0 amide bonds. The van der Waals surface area contributed by atoms with Gasteiger partial charge in [0.2, 0.25) is 0 Å². The number of carbonyl (C=O) groups is 1. The first-order valence-corrected chi connectivity index (χ1v) is 6.37. The first-order valence-electron chi connectivity index (χ1n) is 6.37. The van der Waals surface area contributed by atoms with Crippen LogP contribution in [-0.4, -0.2) is 19.0 Å². The van der Waals surface area contributed by atoms with Gasteiger partial charge in [-0.25, -0.2) is 0 Å². The fourth-order valence-corrected chi connectivity index (χ4v) is 1.47. The largest absolute Gasteiger partial charge is 0.413 e. The Bertz CT molecular complexity index is 285. The molecule has 0 heterocycles. The van der Waals surface area contributed by atoms with E-state index in [2.05, 4.69) is 13.8 Å². The third kappa shape index (κ3) is 7.25. The molecule has 0 rings (SSSR count). The summed E-state index contributed by atoms with van der Waals surface area (Å²) in [4.78, 5) is 15.1. The first kappa shape index (κ1) is 16.9. The van der Waals surface area contributed by atoms with Gasteiger partial charge < -0.3 is 9.57 Å². The van der Waals surface area contributed by atoms with Crippen LogP contribution in [0.2, 0.25) is 0 Å². The van der Waals surface area contributed by atoms with Gasteiger partial charge in [-0.2, -0.15) is 5.90 Å². The molecule has 0 spiro atoms. The third-order valence-electron chi connectivity index (χ3n) is 2.38. The van der Waals surface area contributed by atoms with Gasteiger partial charge in [0.15, 0.2) is 0 Å². The third-order valence-corrected chi connectivity index (χ3v) is 2.38. The summed E-state index contributed by atoms with van der Waals surface area (Å²) in [6.45, 7) is 8.82. The molecule has 4 nitrogen and oxygen atoms in total. The van der Waals surface area contributed by atoms with Crippen molar-refractivity contribution in [3.05, 3.63) is 24.0 Å². The second-order valence-electron chi connectivity index (χ2n) is 4.69. The maximum atomic E-state index is 10.2. The van der Waals surface area contributed by atoms with Gasteiger partial charge in [-0.05, 0) is 30.4 Å². The van der Waals surface area contributed by atoms with E-state index in [0.29, 0.717) is 18.3 Å². The Hall–Kier alpha value is -1.13. The molecule has 0 radical (unpaired) electrons. The van der Waals surface area contributed by atoms with Crippen LogP contribution < -0.4 is 5.90 Å². The summed E-state index contributed by atoms with van der Waals surface area (Å²) in [6.07, 6.45) is 6.52. The molecule has 18 heavy (non-hydrogen) atoms. The lowest BCUT2D eigenvalue weighted by Crippen LogP contribution is -2.22. The highest BCUT2D eigenvalue weighted by Gasteiger charge is 2.15. The van der Waals surface area contributed by atoms with Crippen molar-refractivity contribution in [2.75, 3.05) is 6.61 Å². The molecule has 0 aliphatic rings. The Balaban J connectivity index is 4.63. The topological polar surface area (TPSA) is 61.5 Å². The van der Waals surface area contributed by atoms with Gasteiger partial charge in [-0.15, -0.1) is 0 Å². The molecule has 0 aromatic rings. The number of hydrogen-bond donors (Lipinski definition) is 1. The van der Waals surface area contributed by atoms with E-state index in [1.54, 1.807) is 6.08 Å². The molecule has 4 heteroatoms. The zero-order chi connectivity index (χ0) is 14.0. The summed E-state index contributed by atoms with van der Waals surface area (Å²) in [5, 5.41) is 0. The molecule has 104 valence electrons. The summed E-state index contributed by atoms with van der Waals surface area (Å²) in [5.74, 6) is 6.44. The van der Waals surface area contributed by atoms with Gasteiger partial charge in [0, 0.05) is 6.61 Å². The van der Waals surface area contributed by atoms with E-state index < -0.39 is 0 Å². The molecule has 0 aromatic heterocycles. The fourth-order valence-electron chi connectivity index (χ4n) is 1.47. The summed E-state index contributed by atoms with van der Waals surface area (Å²) in [7, 11) is 0.